The fraction of sp³-hybridized carbons (Fsp3) is 0.667. The second kappa shape index (κ2) is 10.1. The zero-order chi connectivity index (χ0) is 19.2. The summed E-state index contributed by atoms with van der Waals surface area (Å²) in [5, 5.41) is 8.36. The number of benzene rings is 1. The molecule has 1 aromatic carbocycles. The van der Waals surface area contributed by atoms with Crippen molar-refractivity contribution in [3.8, 4) is 0 Å². The molecule has 6 heteroatoms. The summed E-state index contributed by atoms with van der Waals surface area (Å²) in [6.07, 6.45) is 8.71. The number of rotatable bonds is 6. The van der Waals surface area contributed by atoms with Crippen LogP contribution in [0.25, 0.3) is 0 Å². The lowest BCUT2D eigenvalue weighted by Crippen LogP contribution is -2.42. The molecule has 2 fully saturated rings. The van der Waals surface area contributed by atoms with E-state index in [1.54, 1.807) is 0 Å². The maximum absolute atomic E-state index is 7.52. The summed E-state index contributed by atoms with van der Waals surface area (Å²) in [6, 6.07) is 6.12. The summed E-state index contributed by atoms with van der Waals surface area (Å²) < 4.78 is 1.19. The number of piperidine rings is 2. The Morgan fingerprint density at radius 2 is 1.78 bits per heavy atom. The van der Waals surface area contributed by atoms with Crippen molar-refractivity contribution in [2.24, 2.45) is 17.6 Å². The Balaban J connectivity index is 1.32. The molecular formula is C21H32BrClN4. The molecule has 0 aromatic heterocycles. The number of halogens is 2. The van der Waals surface area contributed by atoms with Gasteiger partial charge in [0, 0.05) is 22.6 Å². The van der Waals surface area contributed by atoms with Crippen molar-refractivity contribution < 1.29 is 0 Å². The Labute approximate surface area is 177 Å². The molecule has 0 unspecified atom stereocenters. The van der Waals surface area contributed by atoms with Crippen LogP contribution in [0, 0.1) is 17.2 Å². The normalized spacial score (nSPS) is 20.1. The number of nitrogens with zero attached hydrogens (tertiary/aromatic N) is 2. The number of hydrogen-bond acceptors (Lipinski definition) is 2. The van der Waals surface area contributed by atoms with Gasteiger partial charge in [0.25, 0.3) is 0 Å². The van der Waals surface area contributed by atoms with Crippen LogP contribution in [0.15, 0.2) is 22.7 Å². The number of guanidine groups is 1. The Hall–Kier alpha value is -0.780. The first-order valence-electron chi connectivity index (χ1n) is 10.3. The molecule has 4 nitrogen and oxygen atoms in total. The van der Waals surface area contributed by atoms with Crippen LogP contribution in [0.1, 0.15) is 44.1 Å². The van der Waals surface area contributed by atoms with Crippen LogP contribution in [-0.2, 0) is 6.42 Å². The molecule has 2 aliphatic heterocycles. The molecule has 27 heavy (non-hydrogen) atoms. The summed E-state index contributed by atoms with van der Waals surface area (Å²) in [4.78, 5) is 4.65. The van der Waals surface area contributed by atoms with Crippen molar-refractivity contribution in [2.75, 3.05) is 32.7 Å². The number of nitrogens with two attached hydrogens (primary N) is 1. The van der Waals surface area contributed by atoms with E-state index >= 15 is 0 Å². The predicted octanol–water partition coefficient (Wildman–Crippen LogP) is 4.74. The standard InChI is InChI=1S/C21H32BrClN4/c22-20-4-3-19(23)15-18(20)14-17-5-10-26(11-6-17)9-1-2-16-7-12-27(13-8-16)21(24)25/h3-4,15-17H,1-2,5-14H2,(H3,24,25). The molecule has 2 saturated heterocycles. The van der Waals surface area contributed by atoms with Gasteiger partial charge in [0.15, 0.2) is 5.96 Å². The maximum atomic E-state index is 7.52. The summed E-state index contributed by atoms with van der Waals surface area (Å²) >= 11 is 9.82. The minimum Gasteiger partial charge on any atom is -0.370 e. The van der Waals surface area contributed by atoms with E-state index in [1.165, 1.54) is 68.2 Å². The lowest BCUT2D eigenvalue weighted by molar-refractivity contribution is 0.172. The zero-order valence-corrected chi connectivity index (χ0v) is 18.4. The van der Waals surface area contributed by atoms with Crippen molar-refractivity contribution >= 4 is 33.5 Å². The zero-order valence-electron chi connectivity index (χ0n) is 16.1. The van der Waals surface area contributed by atoms with E-state index in [-0.39, 0.29) is 5.96 Å². The Morgan fingerprint density at radius 3 is 2.44 bits per heavy atom. The second-order valence-electron chi connectivity index (χ2n) is 8.18. The second-order valence-corrected chi connectivity index (χ2v) is 9.47. The molecule has 0 spiro atoms. The Morgan fingerprint density at radius 1 is 1.11 bits per heavy atom. The van der Waals surface area contributed by atoms with Gasteiger partial charge in [0.1, 0.15) is 0 Å². The number of likely N-dealkylation sites (tertiary alicyclic amines) is 2. The molecule has 1 aromatic rings. The first kappa shape index (κ1) is 20.9. The van der Waals surface area contributed by atoms with Crippen molar-refractivity contribution in [1.29, 1.82) is 5.41 Å². The van der Waals surface area contributed by atoms with Crippen LogP contribution in [0.2, 0.25) is 5.02 Å². The van der Waals surface area contributed by atoms with Gasteiger partial charge in [-0.2, -0.15) is 0 Å². The Bertz CT molecular complexity index is 623. The van der Waals surface area contributed by atoms with Crippen molar-refractivity contribution in [3.05, 3.63) is 33.3 Å². The SMILES string of the molecule is N=C(N)N1CCC(CCCN2CCC(Cc3cc(Cl)ccc3Br)CC2)CC1. The summed E-state index contributed by atoms with van der Waals surface area (Å²) in [7, 11) is 0. The van der Waals surface area contributed by atoms with Crippen LogP contribution in [0.3, 0.4) is 0 Å². The van der Waals surface area contributed by atoms with Crippen molar-refractivity contribution in [3.63, 3.8) is 0 Å². The molecule has 3 rings (SSSR count). The van der Waals surface area contributed by atoms with Gasteiger partial charge in [0.05, 0.1) is 0 Å². The van der Waals surface area contributed by atoms with Crippen LogP contribution in [-0.4, -0.2) is 48.5 Å². The maximum Gasteiger partial charge on any atom is 0.188 e. The van der Waals surface area contributed by atoms with E-state index in [0.717, 1.165) is 36.4 Å². The smallest absolute Gasteiger partial charge is 0.188 e. The molecule has 3 N–H and O–H groups in total. The highest BCUT2D eigenvalue weighted by molar-refractivity contribution is 9.10. The summed E-state index contributed by atoms with van der Waals surface area (Å²) in [5.74, 6) is 1.83. The van der Waals surface area contributed by atoms with E-state index < -0.39 is 0 Å². The molecule has 0 saturated carbocycles. The van der Waals surface area contributed by atoms with Gasteiger partial charge < -0.3 is 15.5 Å². The largest absolute Gasteiger partial charge is 0.370 e. The molecule has 0 aliphatic carbocycles. The van der Waals surface area contributed by atoms with Crippen molar-refractivity contribution in [2.45, 2.75) is 44.9 Å². The molecular weight excluding hydrogens is 424 g/mol. The average molecular weight is 456 g/mol. The van der Waals surface area contributed by atoms with E-state index in [4.69, 9.17) is 22.7 Å². The highest BCUT2D eigenvalue weighted by Crippen LogP contribution is 2.28. The van der Waals surface area contributed by atoms with E-state index in [9.17, 15) is 0 Å². The quantitative estimate of drug-likeness (QED) is 0.481. The predicted molar refractivity (Wildman–Crippen MR) is 117 cm³/mol. The highest BCUT2D eigenvalue weighted by Gasteiger charge is 2.22. The van der Waals surface area contributed by atoms with Crippen molar-refractivity contribution in [1.82, 2.24) is 9.80 Å². The third-order valence-corrected chi connectivity index (χ3v) is 7.27. The van der Waals surface area contributed by atoms with Gasteiger partial charge in [-0.1, -0.05) is 27.5 Å². The van der Waals surface area contributed by atoms with Crippen LogP contribution < -0.4 is 5.73 Å². The lowest BCUT2D eigenvalue weighted by Gasteiger charge is -2.34. The fourth-order valence-electron chi connectivity index (χ4n) is 4.49. The topological polar surface area (TPSA) is 56.4 Å². The van der Waals surface area contributed by atoms with Gasteiger partial charge >= 0.3 is 0 Å². The molecule has 2 heterocycles. The van der Waals surface area contributed by atoms with E-state index in [1.807, 2.05) is 11.0 Å². The molecule has 150 valence electrons. The summed E-state index contributed by atoms with van der Waals surface area (Å²) in [6.45, 7) is 5.62. The third-order valence-electron chi connectivity index (χ3n) is 6.27. The number of nitrogens with one attached hydrogen (secondary N) is 1. The molecule has 0 amide bonds. The number of hydrogen-bond donors (Lipinski definition) is 2. The van der Waals surface area contributed by atoms with Gasteiger partial charge in [-0.15, -0.1) is 0 Å². The molecule has 0 radical (unpaired) electrons. The monoisotopic (exact) mass is 454 g/mol. The third kappa shape index (κ3) is 6.37. The van der Waals surface area contributed by atoms with Crippen LogP contribution >= 0.6 is 27.5 Å². The van der Waals surface area contributed by atoms with Crippen LogP contribution in [0.4, 0.5) is 0 Å². The minimum atomic E-state index is 0.237. The molecule has 0 bridgehead atoms. The van der Waals surface area contributed by atoms with Gasteiger partial charge in [-0.3, -0.25) is 5.41 Å². The highest BCUT2D eigenvalue weighted by atomic mass is 79.9. The lowest BCUT2D eigenvalue weighted by atomic mass is 9.89. The van der Waals surface area contributed by atoms with E-state index in [2.05, 4.69) is 33.0 Å². The first-order valence-corrected chi connectivity index (χ1v) is 11.4. The van der Waals surface area contributed by atoms with Crippen LogP contribution in [0.5, 0.6) is 0 Å². The first-order chi connectivity index (χ1) is 13.0. The fourth-order valence-corrected chi connectivity index (χ4v) is 5.09. The summed E-state index contributed by atoms with van der Waals surface area (Å²) in [5.41, 5.74) is 6.92. The van der Waals surface area contributed by atoms with Gasteiger partial charge in [0.2, 0.25) is 0 Å². The van der Waals surface area contributed by atoms with Gasteiger partial charge in [-0.25, -0.2) is 0 Å². The Kier molecular flexibility index (Phi) is 7.86. The molecule has 2 aliphatic rings. The van der Waals surface area contributed by atoms with E-state index in [0.29, 0.717) is 0 Å². The minimum absolute atomic E-state index is 0.237. The molecule has 0 atom stereocenters. The average Bonchev–Trinajstić information content (AvgIpc) is 2.66. The van der Waals surface area contributed by atoms with Gasteiger partial charge in [-0.05, 0) is 100 Å².